The SMILES string of the molecule is O=c1c(=Cc2ccc(-c3ccccc3Cl)o2)sc2n1CCN=2. The molecule has 0 amide bonds. The smallest absolute Gasteiger partial charge is 0.270 e. The third kappa shape index (κ3) is 2.23. The van der Waals surface area contributed by atoms with E-state index >= 15 is 0 Å². The van der Waals surface area contributed by atoms with Crippen molar-refractivity contribution in [3.05, 3.63) is 66.9 Å². The van der Waals surface area contributed by atoms with E-state index in [1.165, 1.54) is 11.3 Å². The first-order chi connectivity index (χ1) is 10.7. The topological polar surface area (TPSA) is 47.5 Å². The van der Waals surface area contributed by atoms with Gasteiger partial charge in [0.05, 0.1) is 16.1 Å². The first kappa shape index (κ1) is 13.5. The Bertz CT molecular complexity index is 1030. The van der Waals surface area contributed by atoms with Crippen LogP contribution < -0.4 is 14.9 Å². The number of aromatic nitrogens is 1. The summed E-state index contributed by atoms with van der Waals surface area (Å²) in [5.74, 6) is 1.32. The third-order valence-corrected chi connectivity index (χ3v) is 4.87. The lowest BCUT2D eigenvalue weighted by molar-refractivity contribution is 0.571. The van der Waals surface area contributed by atoms with E-state index < -0.39 is 0 Å². The Morgan fingerprint density at radius 3 is 2.95 bits per heavy atom. The average Bonchev–Trinajstić information content (AvgIpc) is 3.20. The van der Waals surface area contributed by atoms with Gasteiger partial charge in [0.2, 0.25) is 0 Å². The second-order valence-electron chi connectivity index (χ2n) is 4.91. The van der Waals surface area contributed by atoms with Gasteiger partial charge in [0, 0.05) is 18.2 Å². The maximum atomic E-state index is 12.2. The number of halogens is 1. The first-order valence-corrected chi connectivity index (χ1v) is 8.02. The molecule has 0 saturated heterocycles. The van der Waals surface area contributed by atoms with Crippen molar-refractivity contribution >= 4 is 29.0 Å². The summed E-state index contributed by atoms with van der Waals surface area (Å²) in [5.41, 5.74) is 0.834. The summed E-state index contributed by atoms with van der Waals surface area (Å²) in [6.07, 6.45) is 1.76. The van der Waals surface area contributed by atoms with E-state index in [4.69, 9.17) is 16.0 Å². The number of rotatable bonds is 2. The largest absolute Gasteiger partial charge is 0.457 e. The molecule has 2 aromatic heterocycles. The van der Waals surface area contributed by atoms with Gasteiger partial charge in [0.1, 0.15) is 11.5 Å². The fraction of sp³-hybridized carbons (Fsp3) is 0.125. The molecule has 0 fully saturated rings. The molecule has 4 nitrogen and oxygen atoms in total. The summed E-state index contributed by atoms with van der Waals surface area (Å²) in [6, 6.07) is 11.2. The molecule has 0 N–H and O–H groups in total. The molecule has 1 aromatic carbocycles. The molecule has 6 heteroatoms. The molecule has 1 aliphatic heterocycles. The number of furan rings is 1. The van der Waals surface area contributed by atoms with Crippen molar-refractivity contribution in [2.75, 3.05) is 6.54 Å². The molecule has 0 radical (unpaired) electrons. The van der Waals surface area contributed by atoms with Crippen LogP contribution in [-0.4, -0.2) is 11.1 Å². The van der Waals surface area contributed by atoms with Crippen LogP contribution >= 0.6 is 22.9 Å². The zero-order valence-corrected chi connectivity index (χ0v) is 13.0. The van der Waals surface area contributed by atoms with Crippen molar-refractivity contribution in [2.24, 2.45) is 4.99 Å². The lowest BCUT2D eigenvalue weighted by Crippen LogP contribution is -2.29. The van der Waals surface area contributed by atoms with Gasteiger partial charge in [-0.05, 0) is 24.3 Å². The minimum atomic E-state index is -0.00283. The fourth-order valence-corrected chi connectivity index (χ4v) is 3.67. The Kier molecular flexibility index (Phi) is 3.24. The quantitative estimate of drug-likeness (QED) is 0.724. The van der Waals surface area contributed by atoms with Crippen LogP contribution in [0, 0.1) is 0 Å². The molecule has 3 heterocycles. The number of fused-ring (bicyclic) bond motifs is 1. The predicted molar refractivity (Wildman–Crippen MR) is 86.9 cm³/mol. The predicted octanol–water partition coefficient (Wildman–Crippen LogP) is 2.29. The summed E-state index contributed by atoms with van der Waals surface area (Å²) in [5, 5.41) is 0.636. The van der Waals surface area contributed by atoms with E-state index in [9.17, 15) is 4.79 Å². The third-order valence-electron chi connectivity index (χ3n) is 3.50. The molecule has 110 valence electrons. The summed E-state index contributed by atoms with van der Waals surface area (Å²) in [7, 11) is 0. The van der Waals surface area contributed by atoms with Crippen molar-refractivity contribution in [1.82, 2.24) is 4.57 Å². The van der Waals surface area contributed by atoms with E-state index in [0.717, 1.165) is 10.4 Å². The van der Waals surface area contributed by atoms with Gasteiger partial charge in [-0.2, -0.15) is 0 Å². The molecule has 3 aromatic rings. The van der Waals surface area contributed by atoms with E-state index in [0.29, 0.717) is 34.2 Å². The molecule has 0 unspecified atom stereocenters. The highest BCUT2D eigenvalue weighted by Gasteiger charge is 2.11. The summed E-state index contributed by atoms with van der Waals surface area (Å²) >= 11 is 7.56. The normalized spacial score (nSPS) is 14.1. The van der Waals surface area contributed by atoms with Crippen LogP contribution in [0.3, 0.4) is 0 Å². The molecule has 0 bridgehead atoms. The van der Waals surface area contributed by atoms with Crippen LogP contribution in [0.5, 0.6) is 0 Å². The lowest BCUT2D eigenvalue weighted by Gasteiger charge is -1.98. The first-order valence-electron chi connectivity index (χ1n) is 6.83. The van der Waals surface area contributed by atoms with Crippen molar-refractivity contribution in [3.63, 3.8) is 0 Å². The van der Waals surface area contributed by atoms with Gasteiger partial charge in [0.15, 0.2) is 4.80 Å². The minimum Gasteiger partial charge on any atom is -0.457 e. The maximum Gasteiger partial charge on any atom is 0.270 e. The van der Waals surface area contributed by atoms with E-state index in [1.54, 1.807) is 10.6 Å². The molecular weight excluding hydrogens is 320 g/mol. The molecule has 4 rings (SSSR count). The average molecular weight is 331 g/mol. The Morgan fingerprint density at radius 2 is 2.14 bits per heavy atom. The van der Waals surface area contributed by atoms with Gasteiger partial charge < -0.3 is 4.42 Å². The van der Waals surface area contributed by atoms with Crippen molar-refractivity contribution in [3.8, 4) is 11.3 Å². The number of hydrogen-bond acceptors (Lipinski definition) is 4. The molecule has 22 heavy (non-hydrogen) atoms. The maximum absolute atomic E-state index is 12.2. The van der Waals surface area contributed by atoms with Gasteiger partial charge in [-0.15, -0.1) is 0 Å². The van der Waals surface area contributed by atoms with Gasteiger partial charge >= 0.3 is 0 Å². The fourth-order valence-electron chi connectivity index (χ4n) is 2.43. The number of benzene rings is 1. The van der Waals surface area contributed by atoms with Gasteiger partial charge in [-0.1, -0.05) is 35.1 Å². The Hall–Kier alpha value is -2.11. The standard InChI is InChI=1S/C16H11ClN2O2S/c17-12-4-2-1-3-11(12)13-6-5-10(21-13)9-14-15(20)19-8-7-18-16(19)22-14/h1-6,9H,7-8H2. The summed E-state index contributed by atoms with van der Waals surface area (Å²) in [6.45, 7) is 1.36. The van der Waals surface area contributed by atoms with E-state index in [-0.39, 0.29) is 5.56 Å². The molecule has 0 saturated carbocycles. The van der Waals surface area contributed by atoms with Crippen LogP contribution in [0.15, 0.2) is 50.6 Å². The van der Waals surface area contributed by atoms with Crippen LogP contribution in [0.1, 0.15) is 5.76 Å². The van der Waals surface area contributed by atoms with E-state index in [2.05, 4.69) is 4.99 Å². The highest BCUT2D eigenvalue weighted by molar-refractivity contribution is 7.07. The second kappa shape index (κ2) is 5.26. The van der Waals surface area contributed by atoms with Crippen molar-refractivity contribution in [1.29, 1.82) is 0 Å². The van der Waals surface area contributed by atoms with Crippen LogP contribution in [0.2, 0.25) is 5.02 Å². The van der Waals surface area contributed by atoms with Crippen LogP contribution in [-0.2, 0) is 6.54 Å². The zero-order chi connectivity index (χ0) is 15.1. The van der Waals surface area contributed by atoms with Gasteiger partial charge in [-0.25, -0.2) is 0 Å². The van der Waals surface area contributed by atoms with Crippen molar-refractivity contribution in [2.45, 2.75) is 6.54 Å². The molecule has 0 spiro atoms. The van der Waals surface area contributed by atoms with Crippen LogP contribution in [0.4, 0.5) is 0 Å². The van der Waals surface area contributed by atoms with E-state index in [1.807, 2.05) is 36.4 Å². The molecular formula is C16H11ClN2O2S. The number of nitrogens with zero attached hydrogens (tertiary/aromatic N) is 2. The molecule has 1 aliphatic rings. The number of hydrogen-bond donors (Lipinski definition) is 0. The Morgan fingerprint density at radius 1 is 1.27 bits per heavy atom. The summed E-state index contributed by atoms with van der Waals surface area (Å²) < 4.78 is 8.14. The van der Waals surface area contributed by atoms with Crippen molar-refractivity contribution < 1.29 is 4.42 Å². The monoisotopic (exact) mass is 330 g/mol. The Labute approximate surface area is 134 Å². The highest BCUT2D eigenvalue weighted by Crippen LogP contribution is 2.29. The second-order valence-corrected chi connectivity index (χ2v) is 6.33. The number of thiazole rings is 1. The zero-order valence-electron chi connectivity index (χ0n) is 11.5. The Balaban J connectivity index is 1.79. The van der Waals surface area contributed by atoms with Gasteiger partial charge in [-0.3, -0.25) is 14.4 Å². The summed E-state index contributed by atoms with van der Waals surface area (Å²) in [4.78, 5) is 17.3. The van der Waals surface area contributed by atoms with Crippen LogP contribution in [0.25, 0.3) is 17.4 Å². The lowest BCUT2D eigenvalue weighted by atomic mass is 10.2. The minimum absolute atomic E-state index is 0.00283. The molecule has 0 aliphatic carbocycles. The highest BCUT2D eigenvalue weighted by atomic mass is 35.5. The molecule has 0 atom stereocenters. The van der Waals surface area contributed by atoms with Gasteiger partial charge in [0.25, 0.3) is 5.56 Å².